The molecule has 2 aliphatic rings. The Labute approximate surface area is 146 Å². The van der Waals surface area contributed by atoms with Gasteiger partial charge in [0.1, 0.15) is 5.60 Å². The smallest absolute Gasteiger partial charge is 0.305 e. The number of ether oxygens (including phenoxy) is 3. The third-order valence-corrected chi connectivity index (χ3v) is 5.91. The van der Waals surface area contributed by atoms with E-state index >= 15 is 0 Å². The maximum absolute atomic E-state index is 11.3. The van der Waals surface area contributed by atoms with Gasteiger partial charge in [-0.1, -0.05) is 22.6 Å². The van der Waals surface area contributed by atoms with Crippen LogP contribution >= 0.6 is 22.6 Å². The average Bonchev–Trinajstić information content (AvgIpc) is 2.90. The molecule has 0 N–H and O–H groups in total. The Morgan fingerprint density at radius 3 is 2.91 bits per heavy atom. The number of esters is 1. The van der Waals surface area contributed by atoms with Crippen LogP contribution in [0.4, 0.5) is 0 Å². The molecule has 2 saturated heterocycles. The normalized spacial score (nSPS) is 35.5. The first-order chi connectivity index (χ1) is 10.5. The number of carbonyl (C=O) groups is 1. The molecule has 0 aromatic heterocycles. The van der Waals surface area contributed by atoms with Gasteiger partial charge < -0.3 is 19.1 Å². The van der Waals surface area contributed by atoms with Crippen LogP contribution in [0.25, 0.3) is 4.85 Å². The van der Waals surface area contributed by atoms with Gasteiger partial charge in [-0.2, -0.15) is 0 Å². The molecule has 1 unspecified atom stereocenters. The van der Waals surface area contributed by atoms with E-state index in [-0.39, 0.29) is 35.9 Å². The van der Waals surface area contributed by atoms with Crippen LogP contribution in [0, 0.1) is 6.57 Å². The van der Waals surface area contributed by atoms with Crippen molar-refractivity contribution in [1.29, 1.82) is 0 Å². The van der Waals surface area contributed by atoms with Gasteiger partial charge in [-0.05, 0) is 19.3 Å². The van der Waals surface area contributed by atoms with Crippen LogP contribution in [0.15, 0.2) is 0 Å². The average molecular weight is 421 g/mol. The second-order valence-corrected chi connectivity index (χ2v) is 7.06. The van der Waals surface area contributed by atoms with Crippen LogP contribution < -0.4 is 0 Å². The SMILES string of the molecule is [C-]#[N+][C@H](C)C[C@H]1CC[C@@H]2OC(CCC(=O)OC)C[C@]2(CI)O1. The zero-order valence-corrected chi connectivity index (χ0v) is 15.4. The fourth-order valence-electron chi connectivity index (χ4n) is 3.43. The second kappa shape index (κ2) is 7.93. The number of carbonyl (C=O) groups excluding carboxylic acids is 1. The van der Waals surface area contributed by atoms with E-state index in [0.29, 0.717) is 12.8 Å². The van der Waals surface area contributed by atoms with E-state index < -0.39 is 0 Å². The molecule has 0 aromatic carbocycles. The Hall–Kier alpha value is -0.390. The van der Waals surface area contributed by atoms with Crippen molar-refractivity contribution in [2.24, 2.45) is 0 Å². The van der Waals surface area contributed by atoms with Gasteiger partial charge in [-0.15, -0.1) is 0 Å². The number of alkyl halides is 1. The summed E-state index contributed by atoms with van der Waals surface area (Å²) in [4.78, 5) is 14.9. The molecule has 0 radical (unpaired) electrons. The molecular weight excluding hydrogens is 397 g/mol. The molecule has 2 fully saturated rings. The minimum absolute atomic E-state index is 0.00486. The summed E-state index contributed by atoms with van der Waals surface area (Å²) in [7, 11) is 1.41. The Kier molecular flexibility index (Phi) is 6.47. The summed E-state index contributed by atoms with van der Waals surface area (Å²) in [6.07, 6.45) is 4.97. The Balaban J connectivity index is 1.94. The molecular formula is C16H24INO4. The van der Waals surface area contributed by atoms with Crippen molar-refractivity contribution >= 4 is 28.6 Å². The third kappa shape index (κ3) is 4.12. The highest BCUT2D eigenvalue weighted by Crippen LogP contribution is 2.44. The van der Waals surface area contributed by atoms with Crippen LogP contribution in [0.5, 0.6) is 0 Å². The number of rotatable bonds is 6. The lowest BCUT2D eigenvalue weighted by molar-refractivity contribution is -0.154. The molecule has 2 aliphatic heterocycles. The first kappa shape index (κ1) is 18.0. The van der Waals surface area contributed by atoms with Crippen molar-refractivity contribution in [3.05, 3.63) is 11.4 Å². The van der Waals surface area contributed by atoms with Crippen molar-refractivity contribution in [2.75, 3.05) is 11.5 Å². The van der Waals surface area contributed by atoms with Gasteiger partial charge in [-0.3, -0.25) is 4.79 Å². The summed E-state index contributed by atoms with van der Waals surface area (Å²) in [5.74, 6) is -0.188. The summed E-state index contributed by atoms with van der Waals surface area (Å²) in [6.45, 7) is 9.06. The van der Waals surface area contributed by atoms with Crippen molar-refractivity contribution in [2.45, 2.75) is 75.4 Å². The quantitative estimate of drug-likeness (QED) is 0.286. The van der Waals surface area contributed by atoms with Crippen LogP contribution in [0.2, 0.25) is 0 Å². The summed E-state index contributed by atoms with van der Waals surface area (Å²) in [6, 6.07) is 0.00486. The monoisotopic (exact) mass is 421 g/mol. The molecule has 2 heterocycles. The minimum Gasteiger partial charge on any atom is -0.469 e. The second-order valence-electron chi connectivity index (χ2n) is 6.30. The van der Waals surface area contributed by atoms with Gasteiger partial charge >= 0.3 is 5.97 Å². The number of hydrogen-bond donors (Lipinski definition) is 0. The molecule has 2 rings (SSSR count). The standard InChI is InChI=1S/C16H24INO4/c1-11(18-2)8-12-4-6-14-16(10-17,22-12)9-13(21-14)5-7-15(19)20-3/h11-14H,4-10H2,1,3H3/t11-,12-,13?,14+,16-/m1/s1. The highest BCUT2D eigenvalue weighted by Gasteiger charge is 2.52. The highest BCUT2D eigenvalue weighted by atomic mass is 127. The predicted octanol–water partition coefficient (Wildman–Crippen LogP) is 3.15. The molecule has 0 aromatic rings. The van der Waals surface area contributed by atoms with Crippen molar-refractivity contribution in [3.8, 4) is 0 Å². The molecule has 0 spiro atoms. The van der Waals surface area contributed by atoms with E-state index in [1.807, 2.05) is 6.92 Å². The molecule has 124 valence electrons. The Morgan fingerprint density at radius 2 is 2.27 bits per heavy atom. The lowest BCUT2D eigenvalue weighted by Gasteiger charge is -2.41. The molecule has 0 aliphatic carbocycles. The zero-order valence-electron chi connectivity index (χ0n) is 13.2. The van der Waals surface area contributed by atoms with Crippen LogP contribution in [0.1, 0.15) is 45.4 Å². The fraction of sp³-hybridized carbons (Fsp3) is 0.875. The van der Waals surface area contributed by atoms with Gasteiger partial charge in [-0.25, -0.2) is 6.57 Å². The van der Waals surface area contributed by atoms with Crippen LogP contribution in [-0.2, 0) is 19.0 Å². The molecule has 0 amide bonds. The Bertz CT molecular complexity index is 438. The zero-order chi connectivity index (χ0) is 16.2. The summed E-state index contributed by atoms with van der Waals surface area (Å²) >= 11 is 2.37. The number of fused-ring (bicyclic) bond motifs is 1. The maximum Gasteiger partial charge on any atom is 0.305 e. The Morgan fingerprint density at radius 1 is 1.50 bits per heavy atom. The summed E-state index contributed by atoms with van der Waals surface area (Å²) < 4.78 is 18.1. The van der Waals surface area contributed by atoms with Crippen LogP contribution in [0.3, 0.4) is 0 Å². The van der Waals surface area contributed by atoms with E-state index in [1.54, 1.807) is 0 Å². The van der Waals surface area contributed by atoms with Crippen LogP contribution in [-0.4, -0.2) is 47.5 Å². The van der Waals surface area contributed by atoms with Gasteiger partial charge in [0.2, 0.25) is 6.04 Å². The van der Waals surface area contributed by atoms with E-state index in [0.717, 1.165) is 30.1 Å². The summed E-state index contributed by atoms with van der Waals surface area (Å²) in [5, 5.41) is 0. The van der Waals surface area contributed by atoms with Crippen molar-refractivity contribution in [1.82, 2.24) is 0 Å². The summed E-state index contributed by atoms with van der Waals surface area (Å²) in [5.41, 5.74) is -0.244. The number of hydrogen-bond acceptors (Lipinski definition) is 4. The molecule has 5 atom stereocenters. The van der Waals surface area contributed by atoms with E-state index in [9.17, 15) is 4.79 Å². The van der Waals surface area contributed by atoms with E-state index in [2.05, 4.69) is 27.4 Å². The van der Waals surface area contributed by atoms with Gasteiger partial charge in [0.15, 0.2) is 0 Å². The lowest BCUT2D eigenvalue weighted by Crippen LogP contribution is -2.50. The first-order valence-electron chi connectivity index (χ1n) is 7.85. The molecule has 5 nitrogen and oxygen atoms in total. The molecule has 0 saturated carbocycles. The highest BCUT2D eigenvalue weighted by molar-refractivity contribution is 14.1. The fourth-order valence-corrected chi connectivity index (χ4v) is 4.41. The maximum atomic E-state index is 11.3. The molecule has 0 bridgehead atoms. The molecule has 6 heteroatoms. The molecule has 22 heavy (non-hydrogen) atoms. The third-order valence-electron chi connectivity index (χ3n) is 4.62. The largest absolute Gasteiger partial charge is 0.469 e. The van der Waals surface area contributed by atoms with Crippen molar-refractivity contribution in [3.63, 3.8) is 0 Å². The minimum atomic E-state index is -0.244. The van der Waals surface area contributed by atoms with E-state index in [4.69, 9.17) is 20.8 Å². The number of halogens is 1. The first-order valence-corrected chi connectivity index (χ1v) is 9.38. The van der Waals surface area contributed by atoms with E-state index in [1.165, 1.54) is 7.11 Å². The topological polar surface area (TPSA) is 49.1 Å². The predicted molar refractivity (Wildman–Crippen MR) is 90.9 cm³/mol. The lowest BCUT2D eigenvalue weighted by atomic mass is 9.86. The van der Waals surface area contributed by atoms with Crippen molar-refractivity contribution < 1.29 is 19.0 Å². The van der Waals surface area contributed by atoms with Gasteiger partial charge in [0.05, 0.1) is 25.4 Å². The number of methoxy groups -OCH3 is 1. The number of nitrogens with zero attached hydrogens (tertiary/aromatic N) is 1. The van der Waals surface area contributed by atoms with Gasteiger partial charge in [0.25, 0.3) is 0 Å². The van der Waals surface area contributed by atoms with Gasteiger partial charge in [0, 0.05) is 30.6 Å².